The number of carboxylic acids is 2. The number of nitrogens with zero attached hydrogens (tertiary/aromatic N) is 2. The minimum absolute atomic E-state index is 0.422. The van der Waals surface area contributed by atoms with E-state index in [-0.39, 0.29) is 0 Å². The van der Waals surface area contributed by atoms with Crippen LogP contribution in [0.5, 0.6) is 0 Å². The Bertz CT molecular complexity index is 587. The number of nitrogens with two attached hydrogens (primary N) is 1. The summed E-state index contributed by atoms with van der Waals surface area (Å²) in [5, 5.41) is 20.2. The van der Waals surface area contributed by atoms with E-state index in [1.165, 1.54) is 29.8 Å². The molecule has 0 atom stereocenters. The standard InChI is InChI=1S/C12H21N3.C4H4O4/c1-9-10-4-5-12(2,3)8-11(10)15(14-9)7-6-13;5-3(6)1-2-4(7)8/h4-8,13H2,1-3H3;1-2H,(H,5,6)(H,7,8)/b;2-1+. The summed E-state index contributed by atoms with van der Waals surface area (Å²) in [5.41, 5.74) is 10.1. The number of aromatic nitrogens is 2. The second-order valence-electron chi connectivity index (χ2n) is 6.37. The summed E-state index contributed by atoms with van der Waals surface area (Å²) in [5.74, 6) is -2.51. The molecule has 0 bridgehead atoms. The summed E-state index contributed by atoms with van der Waals surface area (Å²) in [6.45, 7) is 8.32. The van der Waals surface area contributed by atoms with Gasteiger partial charge < -0.3 is 15.9 Å². The summed E-state index contributed by atoms with van der Waals surface area (Å²) in [6.07, 6.45) is 4.71. The van der Waals surface area contributed by atoms with Crippen LogP contribution in [0, 0.1) is 12.3 Å². The summed E-state index contributed by atoms with van der Waals surface area (Å²) >= 11 is 0. The van der Waals surface area contributed by atoms with Gasteiger partial charge in [-0.15, -0.1) is 0 Å². The number of aryl methyl sites for hydroxylation is 1. The third-order valence-electron chi connectivity index (χ3n) is 3.77. The maximum absolute atomic E-state index is 9.55. The van der Waals surface area contributed by atoms with Gasteiger partial charge >= 0.3 is 11.9 Å². The van der Waals surface area contributed by atoms with Crippen LogP contribution in [0.2, 0.25) is 0 Å². The summed E-state index contributed by atoms with van der Waals surface area (Å²) < 4.78 is 2.12. The molecule has 1 aliphatic rings. The quantitative estimate of drug-likeness (QED) is 0.720. The molecule has 0 aliphatic heterocycles. The molecule has 1 aliphatic carbocycles. The molecule has 7 heteroatoms. The lowest BCUT2D eigenvalue weighted by Crippen LogP contribution is -2.25. The molecule has 0 aromatic carbocycles. The van der Waals surface area contributed by atoms with E-state index in [0.717, 1.165) is 13.0 Å². The molecule has 0 radical (unpaired) electrons. The van der Waals surface area contributed by atoms with Gasteiger partial charge in [-0.25, -0.2) is 9.59 Å². The molecular weight excluding hydrogens is 298 g/mol. The fourth-order valence-electron chi connectivity index (χ4n) is 2.64. The zero-order valence-electron chi connectivity index (χ0n) is 13.9. The second kappa shape index (κ2) is 7.92. The fraction of sp³-hybridized carbons (Fsp3) is 0.562. The topological polar surface area (TPSA) is 118 Å². The molecule has 7 nitrogen and oxygen atoms in total. The summed E-state index contributed by atoms with van der Waals surface area (Å²) in [6, 6.07) is 0. The lowest BCUT2D eigenvalue weighted by atomic mass is 9.76. The van der Waals surface area contributed by atoms with Crippen LogP contribution in [0.1, 0.15) is 37.2 Å². The van der Waals surface area contributed by atoms with E-state index in [4.69, 9.17) is 15.9 Å². The van der Waals surface area contributed by atoms with Gasteiger partial charge in [0.1, 0.15) is 0 Å². The van der Waals surface area contributed by atoms with Crippen molar-refractivity contribution in [2.75, 3.05) is 6.54 Å². The molecule has 1 aromatic rings. The van der Waals surface area contributed by atoms with Crippen LogP contribution in [0.15, 0.2) is 12.2 Å². The number of rotatable bonds is 4. The Morgan fingerprint density at radius 1 is 1.30 bits per heavy atom. The van der Waals surface area contributed by atoms with Gasteiger partial charge in [0.25, 0.3) is 0 Å². The Labute approximate surface area is 135 Å². The van der Waals surface area contributed by atoms with Gasteiger partial charge in [-0.3, -0.25) is 4.68 Å². The molecule has 23 heavy (non-hydrogen) atoms. The minimum atomic E-state index is -1.26. The number of aliphatic carboxylic acids is 2. The number of hydrogen-bond acceptors (Lipinski definition) is 4. The van der Waals surface area contributed by atoms with Gasteiger partial charge in [-0.1, -0.05) is 13.8 Å². The molecule has 0 saturated heterocycles. The van der Waals surface area contributed by atoms with Gasteiger partial charge in [0.05, 0.1) is 12.2 Å². The van der Waals surface area contributed by atoms with Crippen molar-refractivity contribution in [2.24, 2.45) is 11.1 Å². The van der Waals surface area contributed by atoms with Crippen molar-refractivity contribution in [2.45, 2.75) is 46.6 Å². The van der Waals surface area contributed by atoms with E-state index in [9.17, 15) is 9.59 Å². The number of fused-ring (bicyclic) bond motifs is 1. The zero-order valence-corrected chi connectivity index (χ0v) is 13.9. The van der Waals surface area contributed by atoms with E-state index in [2.05, 4.69) is 30.6 Å². The van der Waals surface area contributed by atoms with Crippen molar-refractivity contribution in [3.05, 3.63) is 29.1 Å². The van der Waals surface area contributed by atoms with Crippen LogP contribution in [0.4, 0.5) is 0 Å². The maximum atomic E-state index is 9.55. The minimum Gasteiger partial charge on any atom is -0.478 e. The van der Waals surface area contributed by atoms with Gasteiger partial charge in [-0.2, -0.15) is 5.10 Å². The van der Waals surface area contributed by atoms with E-state index < -0.39 is 11.9 Å². The van der Waals surface area contributed by atoms with Crippen molar-refractivity contribution in [3.63, 3.8) is 0 Å². The molecule has 0 saturated carbocycles. The zero-order chi connectivity index (χ0) is 17.6. The van der Waals surface area contributed by atoms with Crippen molar-refractivity contribution < 1.29 is 19.8 Å². The first-order valence-electron chi connectivity index (χ1n) is 7.55. The van der Waals surface area contributed by atoms with Gasteiger partial charge in [0.15, 0.2) is 0 Å². The van der Waals surface area contributed by atoms with Gasteiger partial charge in [-0.05, 0) is 37.2 Å². The first-order valence-corrected chi connectivity index (χ1v) is 7.55. The summed E-state index contributed by atoms with van der Waals surface area (Å²) in [7, 11) is 0. The second-order valence-corrected chi connectivity index (χ2v) is 6.37. The van der Waals surface area contributed by atoms with Crippen molar-refractivity contribution >= 4 is 11.9 Å². The molecule has 4 N–H and O–H groups in total. The van der Waals surface area contributed by atoms with Crippen LogP contribution in [-0.2, 0) is 29.0 Å². The molecular formula is C16H25N3O4. The molecule has 1 aromatic heterocycles. The fourth-order valence-corrected chi connectivity index (χ4v) is 2.64. The highest BCUT2D eigenvalue weighted by Gasteiger charge is 2.29. The van der Waals surface area contributed by atoms with E-state index in [1.807, 2.05) is 0 Å². The van der Waals surface area contributed by atoms with Gasteiger partial charge in [0, 0.05) is 24.4 Å². The lowest BCUT2D eigenvalue weighted by Gasteiger charge is -2.30. The average molecular weight is 323 g/mol. The monoisotopic (exact) mass is 323 g/mol. The highest BCUT2D eigenvalue weighted by molar-refractivity contribution is 5.89. The molecule has 0 amide bonds. The largest absolute Gasteiger partial charge is 0.478 e. The first-order chi connectivity index (χ1) is 10.7. The normalized spacial score (nSPS) is 15.7. The Morgan fingerprint density at radius 3 is 2.35 bits per heavy atom. The van der Waals surface area contributed by atoms with E-state index >= 15 is 0 Å². The molecule has 0 fully saturated rings. The van der Waals surface area contributed by atoms with Crippen LogP contribution in [0.25, 0.3) is 0 Å². The molecule has 2 rings (SSSR count). The Kier molecular flexibility index (Phi) is 6.50. The third-order valence-corrected chi connectivity index (χ3v) is 3.77. The van der Waals surface area contributed by atoms with Crippen molar-refractivity contribution in [1.82, 2.24) is 9.78 Å². The Morgan fingerprint density at radius 2 is 1.87 bits per heavy atom. The molecule has 128 valence electrons. The highest BCUT2D eigenvalue weighted by atomic mass is 16.4. The van der Waals surface area contributed by atoms with E-state index in [0.29, 0.717) is 24.1 Å². The van der Waals surface area contributed by atoms with Crippen LogP contribution < -0.4 is 5.73 Å². The van der Waals surface area contributed by atoms with Crippen molar-refractivity contribution in [3.8, 4) is 0 Å². The number of carboxylic acid groups (broad SMARTS) is 2. The first kappa shape index (κ1) is 18.9. The summed E-state index contributed by atoms with van der Waals surface area (Å²) in [4.78, 5) is 19.1. The van der Waals surface area contributed by atoms with Crippen LogP contribution in [0.3, 0.4) is 0 Å². The Hall–Kier alpha value is -2.15. The third kappa shape index (κ3) is 5.86. The predicted molar refractivity (Wildman–Crippen MR) is 86.2 cm³/mol. The van der Waals surface area contributed by atoms with Gasteiger partial charge in [0.2, 0.25) is 0 Å². The number of carbonyl (C=O) groups is 2. The smallest absolute Gasteiger partial charge is 0.328 e. The number of hydrogen-bond donors (Lipinski definition) is 3. The van der Waals surface area contributed by atoms with E-state index in [1.54, 1.807) is 0 Å². The lowest BCUT2D eigenvalue weighted by molar-refractivity contribution is -0.134. The molecule has 1 heterocycles. The van der Waals surface area contributed by atoms with Crippen molar-refractivity contribution in [1.29, 1.82) is 0 Å². The maximum Gasteiger partial charge on any atom is 0.328 e. The average Bonchev–Trinajstić information content (AvgIpc) is 2.72. The predicted octanol–water partition coefficient (Wildman–Crippen LogP) is 1.38. The SMILES string of the molecule is Cc1nn(CCN)c2c1CCC(C)(C)C2.O=C(O)/C=C/C(=O)O. The highest BCUT2D eigenvalue weighted by Crippen LogP contribution is 2.35. The Balaban J connectivity index is 0.000000284. The molecule has 0 spiro atoms. The molecule has 0 unspecified atom stereocenters. The van der Waals surface area contributed by atoms with Crippen LogP contribution in [-0.4, -0.2) is 38.5 Å². The van der Waals surface area contributed by atoms with Crippen LogP contribution >= 0.6 is 0 Å².